The number of benzene rings is 3. The van der Waals surface area contributed by atoms with Crippen molar-refractivity contribution >= 4 is 27.3 Å². The molecule has 1 atom stereocenters. The summed E-state index contributed by atoms with van der Waals surface area (Å²) in [5.41, 5.74) is 0.654. The number of carbonyl (C=O) groups excluding carboxylic acids is 1. The van der Waals surface area contributed by atoms with E-state index in [-0.39, 0.29) is 34.1 Å². The van der Waals surface area contributed by atoms with Crippen molar-refractivity contribution < 1.29 is 31.8 Å². The fourth-order valence-electron chi connectivity index (χ4n) is 3.56. The highest BCUT2D eigenvalue weighted by Crippen LogP contribution is 2.39. The number of aryl methyl sites for hydroxylation is 1. The van der Waals surface area contributed by atoms with Gasteiger partial charge >= 0.3 is 0 Å². The molecule has 0 bridgehead atoms. The molecule has 2 N–H and O–H groups in total. The number of fused-ring (bicyclic) bond motifs is 1. The van der Waals surface area contributed by atoms with Gasteiger partial charge in [-0.05, 0) is 61.0 Å². The molecule has 33 heavy (non-hydrogen) atoms. The van der Waals surface area contributed by atoms with Crippen LogP contribution in [-0.2, 0) is 10.0 Å². The number of nitrogens with one attached hydrogen (secondary N) is 1. The predicted octanol–water partition coefficient (Wildman–Crippen LogP) is 3.47. The lowest BCUT2D eigenvalue weighted by molar-refractivity contribution is 0.102. The van der Waals surface area contributed by atoms with Crippen molar-refractivity contribution in [3.8, 4) is 5.75 Å². The maximum atomic E-state index is 14.2. The number of aliphatic hydroxyl groups is 1. The Morgan fingerprint density at radius 3 is 2.55 bits per heavy atom. The number of carbonyl (C=O) groups is 1. The third kappa shape index (κ3) is 4.39. The van der Waals surface area contributed by atoms with Gasteiger partial charge in [-0.1, -0.05) is 12.1 Å². The van der Waals surface area contributed by atoms with Crippen molar-refractivity contribution in [2.45, 2.75) is 17.9 Å². The Kier molecular flexibility index (Phi) is 6.05. The molecule has 1 amide bonds. The Hall–Kier alpha value is -3.50. The molecular weight excluding hydrogens is 454 g/mol. The number of hydrogen-bond donors (Lipinski definition) is 2. The van der Waals surface area contributed by atoms with E-state index in [2.05, 4.69) is 5.32 Å². The average Bonchev–Trinajstić information content (AvgIpc) is 2.78. The summed E-state index contributed by atoms with van der Waals surface area (Å²) in [6.07, 6.45) is -0.825. The van der Waals surface area contributed by atoms with E-state index in [1.807, 2.05) is 0 Å². The van der Waals surface area contributed by atoms with Gasteiger partial charge in [0.25, 0.3) is 15.9 Å². The molecule has 1 heterocycles. The lowest BCUT2D eigenvalue weighted by atomic mass is 10.1. The minimum Gasteiger partial charge on any atom is -0.484 e. The first-order chi connectivity index (χ1) is 15.7. The summed E-state index contributed by atoms with van der Waals surface area (Å²) in [5, 5.41) is 12.1. The van der Waals surface area contributed by atoms with E-state index in [0.717, 1.165) is 28.6 Å². The highest BCUT2D eigenvalue weighted by atomic mass is 32.2. The molecule has 0 radical (unpaired) electrons. The van der Waals surface area contributed by atoms with Crippen molar-refractivity contribution in [2.24, 2.45) is 0 Å². The third-order valence-corrected chi connectivity index (χ3v) is 7.00. The highest BCUT2D eigenvalue weighted by molar-refractivity contribution is 7.92. The second-order valence-corrected chi connectivity index (χ2v) is 9.34. The minimum absolute atomic E-state index is 0.118. The summed E-state index contributed by atoms with van der Waals surface area (Å²) in [6.45, 7) is 0.970. The van der Waals surface area contributed by atoms with Gasteiger partial charge in [0.2, 0.25) is 0 Å². The van der Waals surface area contributed by atoms with Crippen LogP contribution in [0.25, 0.3) is 0 Å². The third-order valence-electron chi connectivity index (χ3n) is 5.20. The maximum Gasteiger partial charge on any atom is 0.264 e. The van der Waals surface area contributed by atoms with Crippen LogP contribution in [0.4, 0.5) is 20.2 Å². The van der Waals surface area contributed by atoms with Crippen LogP contribution < -0.4 is 14.4 Å². The molecule has 1 unspecified atom stereocenters. The first kappa shape index (κ1) is 22.7. The zero-order chi connectivity index (χ0) is 23.8. The number of halogens is 2. The number of aliphatic hydroxyl groups excluding tert-OH is 1. The number of ether oxygens (including phenoxy) is 1. The molecule has 0 spiro atoms. The van der Waals surface area contributed by atoms with Crippen LogP contribution >= 0.6 is 0 Å². The quantitative estimate of drug-likeness (QED) is 0.591. The van der Waals surface area contributed by atoms with E-state index in [9.17, 15) is 27.1 Å². The average molecular weight is 474 g/mol. The molecule has 3 aromatic carbocycles. The second-order valence-electron chi connectivity index (χ2n) is 7.48. The molecule has 7 nitrogen and oxygen atoms in total. The monoisotopic (exact) mass is 474 g/mol. The van der Waals surface area contributed by atoms with E-state index in [1.54, 1.807) is 13.0 Å². The predicted molar refractivity (Wildman–Crippen MR) is 118 cm³/mol. The number of hydrogen-bond acceptors (Lipinski definition) is 5. The smallest absolute Gasteiger partial charge is 0.264 e. The largest absolute Gasteiger partial charge is 0.484 e. The summed E-state index contributed by atoms with van der Waals surface area (Å²) < 4.78 is 60.8. The molecule has 0 saturated carbocycles. The van der Waals surface area contributed by atoms with Crippen LogP contribution in [0.15, 0.2) is 65.6 Å². The number of amides is 1. The van der Waals surface area contributed by atoms with Gasteiger partial charge in [-0.3, -0.25) is 9.10 Å². The van der Waals surface area contributed by atoms with Crippen LogP contribution in [0.3, 0.4) is 0 Å². The van der Waals surface area contributed by atoms with Gasteiger partial charge in [0.1, 0.15) is 23.5 Å². The highest BCUT2D eigenvalue weighted by Gasteiger charge is 2.34. The van der Waals surface area contributed by atoms with Gasteiger partial charge < -0.3 is 15.2 Å². The summed E-state index contributed by atoms with van der Waals surface area (Å²) in [7, 11) is -4.14. The minimum atomic E-state index is -4.14. The summed E-state index contributed by atoms with van der Waals surface area (Å²) in [6, 6.07) is 12.9. The van der Waals surface area contributed by atoms with E-state index in [1.165, 1.54) is 30.3 Å². The van der Waals surface area contributed by atoms with Crippen LogP contribution in [0, 0.1) is 18.6 Å². The molecule has 0 aliphatic carbocycles. The zero-order valence-corrected chi connectivity index (χ0v) is 18.3. The summed E-state index contributed by atoms with van der Waals surface area (Å²) in [4.78, 5) is 12.5. The summed E-state index contributed by atoms with van der Waals surface area (Å²) >= 11 is 0. The maximum absolute atomic E-state index is 14.2. The molecule has 0 saturated heterocycles. The Labute approximate surface area is 189 Å². The van der Waals surface area contributed by atoms with E-state index in [0.29, 0.717) is 5.56 Å². The van der Waals surface area contributed by atoms with Crippen LogP contribution in [-0.4, -0.2) is 38.7 Å². The van der Waals surface area contributed by atoms with Crippen molar-refractivity contribution in [3.63, 3.8) is 0 Å². The first-order valence-corrected chi connectivity index (χ1v) is 11.4. The second kappa shape index (κ2) is 8.80. The summed E-state index contributed by atoms with van der Waals surface area (Å²) in [5.74, 6) is -1.78. The topological polar surface area (TPSA) is 95.9 Å². The van der Waals surface area contributed by atoms with Crippen molar-refractivity contribution in [3.05, 3.63) is 83.4 Å². The van der Waals surface area contributed by atoms with Crippen molar-refractivity contribution in [2.75, 3.05) is 22.8 Å². The standard InChI is InChI=1S/C23H20F2N2O5S/c1-14-3-2-4-19(25)22(14)23(29)26-16-7-10-21-20(11-16)27(12-17(13-28)32-21)33(30,31)18-8-5-15(24)6-9-18/h2-11,17,28H,12-13H2,1H3,(H,26,29). The lowest BCUT2D eigenvalue weighted by Crippen LogP contribution is -2.45. The van der Waals surface area contributed by atoms with E-state index < -0.39 is 40.3 Å². The molecule has 172 valence electrons. The molecule has 0 fully saturated rings. The molecule has 3 aromatic rings. The van der Waals surface area contributed by atoms with Crippen molar-refractivity contribution in [1.29, 1.82) is 0 Å². The Balaban J connectivity index is 1.72. The van der Waals surface area contributed by atoms with Gasteiger partial charge in [0.05, 0.1) is 29.3 Å². The van der Waals surface area contributed by atoms with Crippen LogP contribution in [0.1, 0.15) is 15.9 Å². The Morgan fingerprint density at radius 2 is 1.88 bits per heavy atom. The van der Waals surface area contributed by atoms with Crippen molar-refractivity contribution in [1.82, 2.24) is 0 Å². The molecule has 1 aliphatic rings. The molecule has 1 aliphatic heterocycles. The van der Waals surface area contributed by atoms with Gasteiger partial charge in [-0.2, -0.15) is 0 Å². The normalized spacial score (nSPS) is 15.5. The fourth-order valence-corrected chi connectivity index (χ4v) is 5.06. The van der Waals surface area contributed by atoms with Gasteiger partial charge in [0.15, 0.2) is 0 Å². The fraction of sp³-hybridized carbons (Fsp3) is 0.174. The Morgan fingerprint density at radius 1 is 1.15 bits per heavy atom. The molecule has 10 heteroatoms. The van der Waals surface area contributed by atoms with E-state index in [4.69, 9.17) is 4.74 Å². The van der Waals surface area contributed by atoms with Crippen LogP contribution in [0.5, 0.6) is 5.75 Å². The van der Waals surface area contributed by atoms with E-state index >= 15 is 0 Å². The number of nitrogens with zero attached hydrogens (tertiary/aromatic N) is 1. The Bertz CT molecular complexity index is 1290. The van der Waals surface area contributed by atoms with Crippen LogP contribution in [0.2, 0.25) is 0 Å². The SMILES string of the molecule is Cc1cccc(F)c1C(=O)Nc1ccc2c(c1)N(S(=O)(=O)c1ccc(F)cc1)CC(CO)O2. The zero-order valence-electron chi connectivity index (χ0n) is 17.5. The molecule has 4 rings (SSSR count). The van der Waals surface area contributed by atoms with Gasteiger partial charge in [0, 0.05) is 5.69 Å². The number of sulfonamides is 1. The first-order valence-electron chi connectivity index (χ1n) is 9.97. The molecule has 0 aromatic heterocycles. The number of rotatable bonds is 5. The van der Waals surface area contributed by atoms with Gasteiger partial charge in [-0.15, -0.1) is 0 Å². The lowest BCUT2D eigenvalue weighted by Gasteiger charge is -2.35. The molecular formula is C23H20F2N2O5S. The number of anilines is 2. The van der Waals surface area contributed by atoms with Gasteiger partial charge in [-0.25, -0.2) is 17.2 Å².